The lowest BCUT2D eigenvalue weighted by Gasteiger charge is -2.31. The zero-order valence-electron chi connectivity index (χ0n) is 14.5. The molecule has 2 N–H and O–H groups in total. The summed E-state index contributed by atoms with van der Waals surface area (Å²) in [4.78, 5) is 28.0. The number of carboxylic acid groups (broad SMARTS) is 1. The fraction of sp³-hybridized carbons (Fsp3) is 0.529. The highest BCUT2D eigenvalue weighted by atomic mass is 16.4. The van der Waals surface area contributed by atoms with Crippen LogP contribution in [0.3, 0.4) is 0 Å². The molecule has 2 heterocycles. The first-order chi connectivity index (χ1) is 11.3. The van der Waals surface area contributed by atoms with Crippen molar-refractivity contribution in [2.45, 2.75) is 58.5 Å². The minimum Gasteiger partial charge on any atom is -0.481 e. The quantitative estimate of drug-likeness (QED) is 0.812. The number of rotatable bonds is 7. The van der Waals surface area contributed by atoms with Gasteiger partial charge in [0.05, 0.1) is 23.7 Å². The third-order valence-electron chi connectivity index (χ3n) is 4.41. The highest BCUT2D eigenvalue weighted by Gasteiger charge is 2.31. The Balaban J connectivity index is 2.28. The average molecular weight is 332 g/mol. The van der Waals surface area contributed by atoms with Gasteiger partial charge in [-0.1, -0.05) is 13.8 Å². The van der Waals surface area contributed by atoms with Crippen LogP contribution < -0.4 is 5.32 Å². The van der Waals surface area contributed by atoms with Gasteiger partial charge in [-0.25, -0.2) is 9.67 Å². The first-order valence-electron chi connectivity index (χ1n) is 8.19. The molecule has 7 nitrogen and oxygen atoms in total. The summed E-state index contributed by atoms with van der Waals surface area (Å²) >= 11 is 0. The van der Waals surface area contributed by atoms with E-state index in [1.54, 1.807) is 16.9 Å². The van der Waals surface area contributed by atoms with Crippen molar-refractivity contribution in [3.63, 3.8) is 0 Å². The molecule has 0 saturated carbocycles. The van der Waals surface area contributed by atoms with Gasteiger partial charge in [-0.15, -0.1) is 0 Å². The van der Waals surface area contributed by atoms with Gasteiger partial charge in [0.2, 0.25) is 0 Å². The number of nitrogens with zero attached hydrogens (tertiary/aromatic N) is 3. The smallest absolute Gasteiger partial charge is 0.305 e. The van der Waals surface area contributed by atoms with E-state index in [4.69, 9.17) is 5.11 Å². The third-order valence-corrected chi connectivity index (χ3v) is 4.41. The topological polar surface area (TPSA) is 97.1 Å². The fourth-order valence-electron chi connectivity index (χ4n) is 2.77. The first kappa shape index (κ1) is 17.9. The van der Waals surface area contributed by atoms with E-state index in [1.165, 1.54) is 6.20 Å². The summed E-state index contributed by atoms with van der Waals surface area (Å²) in [5, 5.41) is 17.1. The zero-order chi connectivity index (χ0) is 17.9. The molecule has 2 rings (SSSR count). The highest BCUT2D eigenvalue weighted by molar-refractivity contribution is 5.97. The maximum Gasteiger partial charge on any atom is 0.305 e. The van der Waals surface area contributed by atoms with E-state index in [9.17, 15) is 9.59 Å². The Kier molecular flexibility index (Phi) is 5.21. The number of carbonyl (C=O) groups is 2. The Bertz CT molecular complexity index is 747. The Labute approximate surface area is 141 Å². The number of amides is 1. The number of aliphatic carboxylic acids is 1. The van der Waals surface area contributed by atoms with E-state index in [0.29, 0.717) is 18.4 Å². The van der Waals surface area contributed by atoms with Crippen LogP contribution in [0, 0.1) is 0 Å². The Morgan fingerprint density at radius 3 is 2.50 bits per heavy atom. The predicted molar refractivity (Wildman–Crippen MR) is 90.9 cm³/mol. The van der Waals surface area contributed by atoms with Gasteiger partial charge in [-0.2, -0.15) is 5.10 Å². The van der Waals surface area contributed by atoms with Crippen molar-refractivity contribution in [2.24, 2.45) is 0 Å². The van der Waals surface area contributed by atoms with E-state index in [1.807, 2.05) is 27.7 Å². The Morgan fingerprint density at radius 2 is 1.96 bits per heavy atom. The van der Waals surface area contributed by atoms with Crippen LogP contribution in [0.25, 0.3) is 11.0 Å². The molecule has 0 aliphatic carbocycles. The minimum atomic E-state index is -0.925. The Hall–Kier alpha value is -2.44. The number of fused-ring (bicyclic) bond motifs is 1. The number of nitrogens with one attached hydrogen (secondary N) is 1. The second-order valence-electron chi connectivity index (χ2n) is 6.33. The van der Waals surface area contributed by atoms with Gasteiger partial charge in [-0.3, -0.25) is 9.59 Å². The van der Waals surface area contributed by atoms with E-state index in [2.05, 4.69) is 15.4 Å². The predicted octanol–water partition coefficient (Wildman–Crippen LogP) is 2.78. The lowest BCUT2D eigenvalue weighted by molar-refractivity contribution is -0.138. The van der Waals surface area contributed by atoms with E-state index >= 15 is 0 Å². The van der Waals surface area contributed by atoms with Crippen LogP contribution in [0.2, 0.25) is 0 Å². The lowest BCUT2D eigenvalue weighted by atomic mass is 9.88. The molecule has 1 amide bonds. The van der Waals surface area contributed by atoms with Crippen molar-refractivity contribution < 1.29 is 14.7 Å². The summed E-state index contributed by atoms with van der Waals surface area (Å²) in [7, 11) is 0. The summed E-state index contributed by atoms with van der Waals surface area (Å²) in [5.74, 6) is -1.24. The average Bonchev–Trinajstić information content (AvgIpc) is 2.96. The summed E-state index contributed by atoms with van der Waals surface area (Å²) < 4.78 is 1.80. The largest absolute Gasteiger partial charge is 0.481 e. The molecule has 0 aliphatic rings. The van der Waals surface area contributed by atoms with Crippen LogP contribution in [0.5, 0.6) is 0 Å². The molecule has 2 aromatic heterocycles. The molecule has 0 saturated heterocycles. The Morgan fingerprint density at radius 1 is 1.29 bits per heavy atom. The van der Waals surface area contributed by atoms with Gasteiger partial charge in [0.15, 0.2) is 5.65 Å². The molecule has 0 bridgehead atoms. The van der Waals surface area contributed by atoms with Gasteiger partial charge in [-0.05, 0) is 32.8 Å². The number of pyridine rings is 1. The molecule has 0 radical (unpaired) electrons. The number of aromatic nitrogens is 3. The van der Waals surface area contributed by atoms with E-state index < -0.39 is 11.5 Å². The molecule has 0 atom stereocenters. The van der Waals surface area contributed by atoms with E-state index in [0.717, 1.165) is 11.0 Å². The van der Waals surface area contributed by atoms with Crippen LogP contribution in [0.1, 0.15) is 63.4 Å². The molecule has 130 valence electrons. The third kappa shape index (κ3) is 3.55. The van der Waals surface area contributed by atoms with Crippen LogP contribution in [0.15, 0.2) is 18.5 Å². The second kappa shape index (κ2) is 6.98. The van der Waals surface area contributed by atoms with Crippen molar-refractivity contribution in [1.29, 1.82) is 0 Å². The van der Waals surface area contributed by atoms with Crippen LogP contribution in [-0.2, 0) is 4.79 Å². The van der Waals surface area contributed by atoms with Crippen molar-refractivity contribution in [2.75, 3.05) is 0 Å². The molecule has 7 heteroatoms. The molecular weight excluding hydrogens is 308 g/mol. The van der Waals surface area contributed by atoms with Crippen LogP contribution in [-0.4, -0.2) is 37.3 Å². The van der Waals surface area contributed by atoms with Gasteiger partial charge >= 0.3 is 5.97 Å². The monoisotopic (exact) mass is 332 g/mol. The van der Waals surface area contributed by atoms with Crippen LogP contribution in [0.4, 0.5) is 0 Å². The summed E-state index contributed by atoms with van der Waals surface area (Å²) in [6.45, 7) is 7.77. The maximum atomic E-state index is 12.6. The van der Waals surface area contributed by atoms with Crippen molar-refractivity contribution in [3.05, 3.63) is 24.0 Å². The van der Waals surface area contributed by atoms with Crippen LogP contribution >= 0.6 is 0 Å². The SMILES string of the molecule is CCC(CC)(CC(=O)O)NC(=O)c1cnc2c(cnn2C(C)C)c1. The summed E-state index contributed by atoms with van der Waals surface area (Å²) in [6.07, 6.45) is 4.18. The molecule has 24 heavy (non-hydrogen) atoms. The summed E-state index contributed by atoms with van der Waals surface area (Å²) in [5.41, 5.74) is 0.381. The second-order valence-corrected chi connectivity index (χ2v) is 6.33. The van der Waals surface area contributed by atoms with Crippen molar-refractivity contribution in [1.82, 2.24) is 20.1 Å². The van der Waals surface area contributed by atoms with Crippen molar-refractivity contribution >= 4 is 22.9 Å². The molecule has 0 fully saturated rings. The zero-order valence-corrected chi connectivity index (χ0v) is 14.5. The lowest BCUT2D eigenvalue weighted by Crippen LogP contribution is -2.49. The molecule has 0 aromatic carbocycles. The standard InChI is InChI=1S/C17H24N4O3/c1-5-17(6-2,8-14(22)23)20-16(24)13-7-12-10-19-21(11(3)4)15(12)18-9-13/h7,9-11H,5-6,8H2,1-4H3,(H,20,24)(H,22,23). The molecule has 0 unspecified atom stereocenters. The van der Waals surface area contributed by atoms with Gasteiger partial charge in [0.25, 0.3) is 5.91 Å². The normalized spacial score (nSPS) is 11.9. The molecular formula is C17H24N4O3. The van der Waals surface area contributed by atoms with Gasteiger partial charge in [0.1, 0.15) is 0 Å². The number of carbonyl (C=O) groups excluding carboxylic acids is 1. The molecule has 2 aromatic rings. The maximum absolute atomic E-state index is 12.6. The fourth-order valence-corrected chi connectivity index (χ4v) is 2.77. The number of hydrogen-bond acceptors (Lipinski definition) is 4. The number of carboxylic acids is 1. The highest BCUT2D eigenvalue weighted by Crippen LogP contribution is 2.22. The van der Waals surface area contributed by atoms with Gasteiger partial charge < -0.3 is 10.4 Å². The molecule has 0 spiro atoms. The minimum absolute atomic E-state index is 0.104. The number of hydrogen-bond donors (Lipinski definition) is 2. The van der Waals surface area contributed by atoms with E-state index in [-0.39, 0.29) is 18.4 Å². The summed E-state index contributed by atoms with van der Waals surface area (Å²) in [6, 6.07) is 1.92. The van der Waals surface area contributed by atoms with Crippen molar-refractivity contribution in [3.8, 4) is 0 Å². The molecule has 0 aliphatic heterocycles. The first-order valence-corrected chi connectivity index (χ1v) is 8.19. The van der Waals surface area contributed by atoms with Gasteiger partial charge in [0, 0.05) is 17.6 Å².